The standard InChI is InChI=1S/C14H26N2OS/c1-11-4-3-5-13(8-11)16(2)14(17)9-12-10-18-7-6-15-12/h11-13,15H,3-10H2,1-2H3. The number of nitrogens with one attached hydrogen (secondary N) is 1. The van der Waals surface area contributed by atoms with Crippen LogP contribution in [0.15, 0.2) is 0 Å². The quantitative estimate of drug-likeness (QED) is 0.852. The zero-order chi connectivity index (χ0) is 13.0. The molecule has 1 aliphatic heterocycles. The molecule has 0 bridgehead atoms. The first kappa shape index (κ1) is 14.2. The van der Waals surface area contributed by atoms with Gasteiger partial charge in [-0.25, -0.2) is 0 Å². The van der Waals surface area contributed by atoms with E-state index in [0.29, 0.717) is 24.4 Å². The Morgan fingerprint density at radius 2 is 2.28 bits per heavy atom. The highest BCUT2D eigenvalue weighted by atomic mass is 32.2. The third-order valence-electron chi connectivity index (χ3n) is 4.27. The molecule has 3 atom stereocenters. The van der Waals surface area contributed by atoms with Crippen LogP contribution in [0.25, 0.3) is 0 Å². The molecular formula is C14H26N2OS. The highest BCUT2D eigenvalue weighted by molar-refractivity contribution is 7.99. The molecule has 1 saturated heterocycles. The van der Waals surface area contributed by atoms with Crippen molar-refractivity contribution >= 4 is 17.7 Å². The average molecular weight is 270 g/mol. The summed E-state index contributed by atoms with van der Waals surface area (Å²) >= 11 is 1.96. The minimum atomic E-state index is 0.328. The van der Waals surface area contributed by atoms with Gasteiger partial charge in [0.05, 0.1) is 0 Å². The first-order valence-electron chi connectivity index (χ1n) is 7.23. The second-order valence-corrected chi connectivity index (χ2v) is 7.01. The van der Waals surface area contributed by atoms with Crippen LogP contribution < -0.4 is 5.32 Å². The number of amides is 1. The van der Waals surface area contributed by atoms with Gasteiger partial charge < -0.3 is 10.2 Å². The first-order valence-corrected chi connectivity index (χ1v) is 8.39. The van der Waals surface area contributed by atoms with Crippen LogP contribution in [0.1, 0.15) is 39.0 Å². The molecule has 3 unspecified atom stereocenters. The van der Waals surface area contributed by atoms with Gasteiger partial charge in [-0.05, 0) is 18.8 Å². The van der Waals surface area contributed by atoms with Crippen molar-refractivity contribution in [3.63, 3.8) is 0 Å². The lowest BCUT2D eigenvalue weighted by molar-refractivity contribution is -0.133. The van der Waals surface area contributed by atoms with E-state index in [1.54, 1.807) is 0 Å². The molecule has 0 radical (unpaired) electrons. The number of rotatable bonds is 3. The molecular weight excluding hydrogens is 244 g/mol. The van der Waals surface area contributed by atoms with Gasteiger partial charge >= 0.3 is 0 Å². The molecule has 4 heteroatoms. The maximum atomic E-state index is 12.3. The van der Waals surface area contributed by atoms with Crippen LogP contribution in [-0.2, 0) is 4.79 Å². The van der Waals surface area contributed by atoms with E-state index in [1.807, 2.05) is 23.7 Å². The van der Waals surface area contributed by atoms with Crippen molar-refractivity contribution in [3.05, 3.63) is 0 Å². The molecule has 2 rings (SSSR count). The van der Waals surface area contributed by atoms with Gasteiger partial charge in [0.2, 0.25) is 5.91 Å². The summed E-state index contributed by atoms with van der Waals surface area (Å²) in [6.07, 6.45) is 5.67. The van der Waals surface area contributed by atoms with Gasteiger partial charge in [0.15, 0.2) is 0 Å². The Morgan fingerprint density at radius 1 is 1.44 bits per heavy atom. The first-order chi connectivity index (χ1) is 8.66. The van der Waals surface area contributed by atoms with Crippen LogP contribution in [0.4, 0.5) is 0 Å². The molecule has 2 aliphatic rings. The van der Waals surface area contributed by atoms with E-state index >= 15 is 0 Å². The van der Waals surface area contributed by atoms with Gasteiger partial charge in [-0.15, -0.1) is 0 Å². The average Bonchev–Trinajstić information content (AvgIpc) is 2.39. The molecule has 2 fully saturated rings. The van der Waals surface area contributed by atoms with Crippen molar-refractivity contribution in [1.29, 1.82) is 0 Å². The summed E-state index contributed by atoms with van der Waals surface area (Å²) in [4.78, 5) is 14.3. The molecule has 1 saturated carbocycles. The Kier molecular flexibility index (Phi) is 5.37. The maximum absolute atomic E-state index is 12.3. The highest BCUT2D eigenvalue weighted by Crippen LogP contribution is 2.27. The van der Waals surface area contributed by atoms with E-state index in [4.69, 9.17) is 0 Å². The lowest BCUT2D eigenvalue weighted by Crippen LogP contribution is -2.45. The Balaban J connectivity index is 1.79. The SMILES string of the molecule is CC1CCCC(N(C)C(=O)CC2CSCCN2)C1. The minimum absolute atomic E-state index is 0.328. The summed E-state index contributed by atoms with van der Waals surface area (Å²) in [5, 5.41) is 3.45. The lowest BCUT2D eigenvalue weighted by Gasteiger charge is -2.35. The second-order valence-electron chi connectivity index (χ2n) is 5.86. The summed E-state index contributed by atoms with van der Waals surface area (Å²) in [6.45, 7) is 3.36. The topological polar surface area (TPSA) is 32.3 Å². The van der Waals surface area contributed by atoms with Crippen molar-refractivity contribution in [2.24, 2.45) is 5.92 Å². The van der Waals surface area contributed by atoms with Crippen LogP contribution in [0.3, 0.4) is 0 Å². The Bertz CT molecular complexity index is 279. The van der Waals surface area contributed by atoms with E-state index in [-0.39, 0.29) is 0 Å². The van der Waals surface area contributed by atoms with Crippen molar-refractivity contribution in [3.8, 4) is 0 Å². The molecule has 0 aromatic rings. The van der Waals surface area contributed by atoms with Gasteiger partial charge in [-0.3, -0.25) is 4.79 Å². The second kappa shape index (κ2) is 6.80. The smallest absolute Gasteiger partial charge is 0.224 e. The van der Waals surface area contributed by atoms with E-state index < -0.39 is 0 Å². The summed E-state index contributed by atoms with van der Waals surface area (Å²) in [5.41, 5.74) is 0. The van der Waals surface area contributed by atoms with E-state index in [1.165, 1.54) is 31.4 Å². The number of carbonyl (C=O) groups excluding carboxylic acids is 1. The molecule has 0 spiro atoms. The molecule has 104 valence electrons. The highest BCUT2D eigenvalue weighted by Gasteiger charge is 2.27. The van der Waals surface area contributed by atoms with Gasteiger partial charge in [-0.1, -0.05) is 19.8 Å². The maximum Gasteiger partial charge on any atom is 0.224 e. The summed E-state index contributed by atoms with van der Waals surface area (Å²) in [5.74, 6) is 3.37. The molecule has 1 aliphatic carbocycles. The molecule has 0 aromatic heterocycles. The van der Waals surface area contributed by atoms with E-state index in [9.17, 15) is 4.79 Å². The molecule has 1 N–H and O–H groups in total. The monoisotopic (exact) mass is 270 g/mol. The summed E-state index contributed by atoms with van der Waals surface area (Å²) < 4.78 is 0. The molecule has 3 nitrogen and oxygen atoms in total. The van der Waals surface area contributed by atoms with Gasteiger partial charge in [0.25, 0.3) is 0 Å². The number of thioether (sulfide) groups is 1. The normalized spacial score (nSPS) is 33.1. The number of carbonyl (C=O) groups is 1. The summed E-state index contributed by atoms with van der Waals surface area (Å²) in [7, 11) is 2.00. The van der Waals surface area contributed by atoms with Crippen LogP contribution in [0.5, 0.6) is 0 Å². The fraction of sp³-hybridized carbons (Fsp3) is 0.929. The fourth-order valence-corrected chi connectivity index (χ4v) is 4.01. The van der Waals surface area contributed by atoms with Gasteiger partial charge in [-0.2, -0.15) is 11.8 Å². The predicted molar refractivity (Wildman–Crippen MR) is 77.9 cm³/mol. The zero-order valence-electron chi connectivity index (χ0n) is 11.7. The molecule has 1 heterocycles. The Morgan fingerprint density at radius 3 is 2.94 bits per heavy atom. The number of nitrogens with zero attached hydrogens (tertiary/aromatic N) is 1. The Hall–Kier alpha value is -0.220. The number of hydrogen-bond donors (Lipinski definition) is 1. The minimum Gasteiger partial charge on any atom is -0.343 e. The summed E-state index contributed by atoms with van der Waals surface area (Å²) in [6, 6.07) is 0.872. The predicted octanol–water partition coefficient (Wildman–Crippen LogP) is 2.12. The van der Waals surface area contributed by atoms with Crippen molar-refractivity contribution < 1.29 is 4.79 Å². The largest absolute Gasteiger partial charge is 0.343 e. The molecule has 1 amide bonds. The third-order valence-corrected chi connectivity index (χ3v) is 5.40. The Labute approximate surface area is 115 Å². The fourth-order valence-electron chi connectivity index (χ4n) is 3.06. The van der Waals surface area contributed by atoms with Gasteiger partial charge in [0, 0.05) is 43.6 Å². The van der Waals surface area contributed by atoms with Crippen molar-refractivity contribution in [2.45, 2.75) is 51.1 Å². The van der Waals surface area contributed by atoms with E-state index in [0.717, 1.165) is 18.2 Å². The van der Waals surface area contributed by atoms with Crippen LogP contribution in [0.2, 0.25) is 0 Å². The zero-order valence-corrected chi connectivity index (χ0v) is 12.5. The number of hydrogen-bond acceptors (Lipinski definition) is 3. The van der Waals surface area contributed by atoms with Crippen molar-refractivity contribution in [2.75, 3.05) is 25.1 Å². The third kappa shape index (κ3) is 3.89. The van der Waals surface area contributed by atoms with Gasteiger partial charge in [0.1, 0.15) is 0 Å². The van der Waals surface area contributed by atoms with Crippen LogP contribution in [0, 0.1) is 5.92 Å². The lowest BCUT2D eigenvalue weighted by atomic mass is 9.86. The van der Waals surface area contributed by atoms with Crippen LogP contribution >= 0.6 is 11.8 Å². The molecule has 18 heavy (non-hydrogen) atoms. The molecule has 0 aromatic carbocycles. The van der Waals surface area contributed by atoms with E-state index in [2.05, 4.69) is 12.2 Å². The van der Waals surface area contributed by atoms with Crippen molar-refractivity contribution in [1.82, 2.24) is 10.2 Å². The van der Waals surface area contributed by atoms with Crippen LogP contribution in [-0.4, -0.2) is 48.0 Å².